The summed E-state index contributed by atoms with van der Waals surface area (Å²) >= 11 is 8.91. The molecule has 0 aliphatic heterocycles. The highest BCUT2D eigenvalue weighted by molar-refractivity contribution is 9.10. The third-order valence-corrected chi connectivity index (χ3v) is 2.10. The van der Waals surface area contributed by atoms with Crippen molar-refractivity contribution in [3.63, 3.8) is 0 Å². The SMILES string of the molecule is Nc1nc(Cl)nc2cc(Br)cnc12. The fourth-order valence-corrected chi connectivity index (χ4v) is 1.49. The average Bonchev–Trinajstić information content (AvgIpc) is 2.02. The Hall–Kier alpha value is -0.940. The number of aromatic nitrogens is 3. The van der Waals surface area contributed by atoms with Crippen LogP contribution in [0.1, 0.15) is 0 Å². The van der Waals surface area contributed by atoms with E-state index in [4.69, 9.17) is 17.3 Å². The first kappa shape index (κ1) is 8.65. The van der Waals surface area contributed by atoms with Crippen LogP contribution < -0.4 is 5.73 Å². The van der Waals surface area contributed by atoms with Gasteiger partial charge in [0.15, 0.2) is 5.82 Å². The Labute approximate surface area is 87.3 Å². The molecule has 13 heavy (non-hydrogen) atoms. The van der Waals surface area contributed by atoms with E-state index in [9.17, 15) is 0 Å². The summed E-state index contributed by atoms with van der Waals surface area (Å²) in [6.45, 7) is 0. The number of rotatable bonds is 0. The van der Waals surface area contributed by atoms with Crippen LogP contribution in [0, 0.1) is 0 Å². The molecular weight excluding hydrogens is 255 g/mol. The molecule has 0 bridgehead atoms. The highest BCUT2D eigenvalue weighted by atomic mass is 79.9. The number of anilines is 1. The zero-order valence-electron chi connectivity index (χ0n) is 6.33. The van der Waals surface area contributed by atoms with Gasteiger partial charge >= 0.3 is 0 Å². The van der Waals surface area contributed by atoms with Crippen LogP contribution in [-0.4, -0.2) is 15.0 Å². The zero-order chi connectivity index (χ0) is 9.42. The van der Waals surface area contributed by atoms with Crippen molar-refractivity contribution in [2.24, 2.45) is 0 Å². The predicted molar refractivity (Wildman–Crippen MR) is 54.5 cm³/mol. The van der Waals surface area contributed by atoms with Gasteiger partial charge in [0.05, 0.1) is 5.52 Å². The van der Waals surface area contributed by atoms with Crippen LogP contribution in [0.2, 0.25) is 5.28 Å². The number of hydrogen-bond acceptors (Lipinski definition) is 4. The maximum Gasteiger partial charge on any atom is 0.225 e. The lowest BCUT2D eigenvalue weighted by Crippen LogP contribution is -1.96. The average molecular weight is 259 g/mol. The largest absolute Gasteiger partial charge is 0.382 e. The molecule has 0 amide bonds. The summed E-state index contributed by atoms with van der Waals surface area (Å²) < 4.78 is 0.828. The van der Waals surface area contributed by atoms with E-state index in [-0.39, 0.29) is 5.28 Å². The fraction of sp³-hybridized carbons (Fsp3) is 0. The van der Waals surface area contributed by atoms with E-state index in [0.29, 0.717) is 16.9 Å². The molecule has 2 aromatic heterocycles. The summed E-state index contributed by atoms with van der Waals surface area (Å²) in [5, 5.41) is 0.130. The number of nitrogens with two attached hydrogens (primary N) is 1. The van der Waals surface area contributed by atoms with Crippen LogP contribution in [0.5, 0.6) is 0 Å². The first-order valence-corrected chi connectivity index (χ1v) is 4.58. The molecule has 2 aromatic rings. The highest BCUT2D eigenvalue weighted by Crippen LogP contribution is 2.20. The van der Waals surface area contributed by atoms with Gasteiger partial charge < -0.3 is 5.73 Å². The molecule has 6 heteroatoms. The van der Waals surface area contributed by atoms with E-state index in [1.807, 2.05) is 0 Å². The lowest BCUT2D eigenvalue weighted by Gasteiger charge is -1.99. The lowest BCUT2D eigenvalue weighted by atomic mass is 10.3. The molecule has 2 rings (SSSR count). The van der Waals surface area contributed by atoms with Crippen molar-refractivity contribution in [2.75, 3.05) is 5.73 Å². The number of nitrogens with zero attached hydrogens (tertiary/aromatic N) is 3. The molecule has 2 heterocycles. The number of hydrogen-bond donors (Lipinski definition) is 1. The van der Waals surface area contributed by atoms with Crippen molar-refractivity contribution in [3.05, 3.63) is 22.0 Å². The standard InChI is InChI=1S/C7H4BrClN4/c8-3-1-4-5(11-2-3)6(10)13-7(9)12-4/h1-2H,(H2,10,12,13). The summed E-state index contributed by atoms with van der Waals surface area (Å²) in [6.07, 6.45) is 1.63. The number of nitrogen functional groups attached to an aromatic ring is 1. The van der Waals surface area contributed by atoms with E-state index < -0.39 is 0 Å². The molecular formula is C7H4BrClN4. The van der Waals surface area contributed by atoms with Crippen LogP contribution in [0.3, 0.4) is 0 Å². The van der Waals surface area contributed by atoms with Gasteiger partial charge in [-0.25, -0.2) is 9.97 Å². The molecule has 0 aromatic carbocycles. The van der Waals surface area contributed by atoms with Crippen LogP contribution in [0.4, 0.5) is 5.82 Å². The molecule has 0 unspecified atom stereocenters. The highest BCUT2D eigenvalue weighted by Gasteiger charge is 2.04. The van der Waals surface area contributed by atoms with Gasteiger partial charge in [-0.15, -0.1) is 0 Å². The second-order valence-corrected chi connectivity index (χ2v) is 3.65. The summed E-state index contributed by atoms with van der Waals surface area (Å²) in [4.78, 5) is 11.8. The Morgan fingerprint density at radius 1 is 1.38 bits per heavy atom. The Balaban J connectivity index is 2.86. The van der Waals surface area contributed by atoms with Crippen molar-refractivity contribution in [3.8, 4) is 0 Å². The van der Waals surface area contributed by atoms with E-state index in [1.54, 1.807) is 12.3 Å². The topological polar surface area (TPSA) is 64.7 Å². The molecule has 0 spiro atoms. The van der Waals surface area contributed by atoms with Gasteiger partial charge in [-0.3, -0.25) is 0 Å². The molecule has 0 aliphatic rings. The predicted octanol–water partition coefficient (Wildman–Crippen LogP) is 2.02. The van der Waals surface area contributed by atoms with E-state index in [2.05, 4.69) is 30.9 Å². The summed E-state index contributed by atoms with van der Waals surface area (Å²) in [5.41, 5.74) is 6.79. The Bertz CT molecular complexity index is 468. The van der Waals surface area contributed by atoms with Gasteiger partial charge in [0.1, 0.15) is 5.52 Å². The second-order valence-electron chi connectivity index (χ2n) is 2.40. The Morgan fingerprint density at radius 3 is 2.92 bits per heavy atom. The van der Waals surface area contributed by atoms with Crippen molar-refractivity contribution >= 4 is 44.4 Å². The van der Waals surface area contributed by atoms with Crippen LogP contribution in [-0.2, 0) is 0 Å². The van der Waals surface area contributed by atoms with Crippen molar-refractivity contribution in [2.45, 2.75) is 0 Å². The van der Waals surface area contributed by atoms with Crippen molar-refractivity contribution in [1.82, 2.24) is 15.0 Å². The summed E-state index contributed by atoms with van der Waals surface area (Å²) in [7, 11) is 0. The number of halogens is 2. The lowest BCUT2D eigenvalue weighted by molar-refractivity contribution is 1.20. The van der Waals surface area contributed by atoms with Crippen LogP contribution in [0.25, 0.3) is 11.0 Å². The van der Waals surface area contributed by atoms with E-state index >= 15 is 0 Å². The maximum absolute atomic E-state index is 5.63. The minimum atomic E-state index is 0.130. The molecule has 0 saturated heterocycles. The third kappa shape index (κ3) is 1.57. The third-order valence-electron chi connectivity index (χ3n) is 1.50. The molecule has 0 radical (unpaired) electrons. The fourth-order valence-electron chi connectivity index (χ4n) is 0.988. The van der Waals surface area contributed by atoms with Crippen molar-refractivity contribution < 1.29 is 0 Å². The van der Waals surface area contributed by atoms with E-state index in [0.717, 1.165) is 4.47 Å². The maximum atomic E-state index is 5.63. The van der Waals surface area contributed by atoms with Gasteiger partial charge in [-0.1, -0.05) is 0 Å². The summed E-state index contributed by atoms with van der Waals surface area (Å²) in [6, 6.07) is 1.78. The first-order valence-electron chi connectivity index (χ1n) is 3.41. The Kier molecular flexibility index (Phi) is 2.05. The quantitative estimate of drug-likeness (QED) is 0.735. The first-order chi connectivity index (χ1) is 6.16. The molecule has 66 valence electrons. The molecule has 0 aliphatic carbocycles. The zero-order valence-corrected chi connectivity index (χ0v) is 8.67. The number of pyridine rings is 1. The Morgan fingerprint density at radius 2 is 2.15 bits per heavy atom. The monoisotopic (exact) mass is 258 g/mol. The normalized spacial score (nSPS) is 10.6. The van der Waals surface area contributed by atoms with Gasteiger partial charge in [-0.2, -0.15) is 4.98 Å². The van der Waals surface area contributed by atoms with Gasteiger partial charge in [0.25, 0.3) is 0 Å². The minimum absolute atomic E-state index is 0.130. The van der Waals surface area contributed by atoms with Gasteiger partial charge in [0, 0.05) is 10.7 Å². The smallest absolute Gasteiger partial charge is 0.225 e. The van der Waals surface area contributed by atoms with Gasteiger partial charge in [0.2, 0.25) is 5.28 Å². The summed E-state index contributed by atoms with van der Waals surface area (Å²) in [5.74, 6) is 0.294. The van der Waals surface area contributed by atoms with Crippen molar-refractivity contribution in [1.29, 1.82) is 0 Å². The van der Waals surface area contributed by atoms with E-state index in [1.165, 1.54) is 0 Å². The number of fused-ring (bicyclic) bond motifs is 1. The van der Waals surface area contributed by atoms with Crippen LogP contribution >= 0.6 is 27.5 Å². The molecule has 0 atom stereocenters. The molecule has 2 N–H and O–H groups in total. The van der Waals surface area contributed by atoms with Crippen LogP contribution in [0.15, 0.2) is 16.7 Å². The van der Waals surface area contributed by atoms with Gasteiger partial charge in [-0.05, 0) is 33.6 Å². The minimum Gasteiger partial charge on any atom is -0.382 e. The molecule has 4 nitrogen and oxygen atoms in total. The molecule has 0 saturated carbocycles. The second kappa shape index (κ2) is 3.08. The molecule has 0 fully saturated rings.